The van der Waals surface area contributed by atoms with E-state index in [-0.39, 0.29) is 11.5 Å². The van der Waals surface area contributed by atoms with Gasteiger partial charge in [0.2, 0.25) is 0 Å². The molecule has 0 amide bonds. The lowest BCUT2D eigenvalue weighted by Crippen LogP contribution is -2.27. The van der Waals surface area contributed by atoms with Crippen LogP contribution in [-0.2, 0) is 16.4 Å². The Bertz CT molecular complexity index is 483. The number of anilines is 1. The van der Waals surface area contributed by atoms with Crippen molar-refractivity contribution in [3.8, 4) is 0 Å². The van der Waals surface area contributed by atoms with Crippen molar-refractivity contribution in [3.63, 3.8) is 0 Å². The van der Waals surface area contributed by atoms with E-state index in [9.17, 15) is 8.42 Å². The van der Waals surface area contributed by atoms with Crippen LogP contribution in [0.2, 0.25) is 0 Å². The summed E-state index contributed by atoms with van der Waals surface area (Å²) in [7, 11) is -2.85. The Kier molecular flexibility index (Phi) is 7.02. The third kappa shape index (κ3) is 6.39. The van der Waals surface area contributed by atoms with Crippen molar-refractivity contribution in [2.24, 2.45) is 0 Å². The summed E-state index contributed by atoms with van der Waals surface area (Å²) in [4.78, 5) is 2.30. The Balaban J connectivity index is 2.50. The highest BCUT2D eigenvalue weighted by molar-refractivity contribution is 7.91. The first-order chi connectivity index (χ1) is 9.46. The molecular formula is C15H26N2O2S. The third-order valence-electron chi connectivity index (χ3n) is 3.30. The van der Waals surface area contributed by atoms with Gasteiger partial charge in [-0.3, -0.25) is 4.90 Å². The van der Waals surface area contributed by atoms with Gasteiger partial charge in [0, 0.05) is 18.0 Å². The van der Waals surface area contributed by atoms with Gasteiger partial charge in [-0.2, -0.15) is 0 Å². The summed E-state index contributed by atoms with van der Waals surface area (Å²) >= 11 is 0. The highest BCUT2D eigenvalue weighted by Crippen LogP contribution is 2.10. The smallest absolute Gasteiger partial charge is 0.150 e. The molecular weight excluding hydrogens is 272 g/mol. The van der Waals surface area contributed by atoms with E-state index in [0.717, 1.165) is 31.7 Å². The molecule has 114 valence electrons. The zero-order valence-electron chi connectivity index (χ0n) is 12.5. The lowest BCUT2D eigenvalue weighted by molar-refractivity contribution is 0.267. The van der Waals surface area contributed by atoms with E-state index in [4.69, 9.17) is 5.73 Å². The summed E-state index contributed by atoms with van der Waals surface area (Å²) in [6.45, 7) is 6.49. The zero-order chi connectivity index (χ0) is 15.0. The molecule has 0 bridgehead atoms. The predicted octanol–water partition coefficient (Wildman–Crippen LogP) is 2.31. The third-order valence-corrected chi connectivity index (χ3v) is 5.09. The quantitative estimate of drug-likeness (QED) is 0.711. The first kappa shape index (κ1) is 17.0. The maximum atomic E-state index is 11.5. The van der Waals surface area contributed by atoms with Crippen LogP contribution in [0.4, 0.5) is 5.69 Å². The topological polar surface area (TPSA) is 63.4 Å². The Morgan fingerprint density at radius 1 is 1.10 bits per heavy atom. The van der Waals surface area contributed by atoms with Crippen molar-refractivity contribution in [2.45, 2.75) is 33.2 Å². The van der Waals surface area contributed by atoms with Crippen molar-refractivity contribution < 1.29 is 8.42 Å². The summed E-state index contributed by atoms with van der Waals surface area (Å²) in [5, 5.41) is 0. The van der Waals surface area contributed by atoms with Gasteiger partial charge in [0.15, 0.2) is 0 Å². The SMILES string of the molecule is CCCN(CCCS(=O)(=O)CC)Cc1ccc(N)cc1. The number of hydrogen-bond acceptors (Lipinski definition) is 4. The molecule has 0 spiro atoms. The van der Waals surface area contributed by atoms with E-state index in [1.165, 1.54) is 5.56 Å². The van der Waals surface area contributed by atoms with Gasteiger partial charge in [-0.1, -0.05) is 26.0 Å². The van der Waals surface area contributed by atoms with Gasteiger partial charge >= 0.3 is 0 Å². The second-order valence-electron chi connectivity index (χ2n) is 5.11. The van der Waals surface area contributed by atoms with Gasteiger partial charge in [0.05, 0.1) is 5.75 Å². The Labute approximate surface area is 122 Å². The van der Waals surface area contributed by atoms with Gasteiger partial charge in [-0.15, -0.1) is 0 Å². The molecule has 0 aliphatic heterocycles. The number of benzene rings is 1. The van der Waals surface area contributed by atoms with Gasteiger partial charge in [0.1, 0.15) is 9.84 Å². The Hall–Kier alpha value is -1.07. The van der Waals surface area contributed by atoms with Crippen LogP contribution in [0.3, 0.4) is 0 Å². The molecule has 1 aromatic rings. The number of sulfone groups is 1. The molecule has 0 radical (unpaired) electrons. The van der Waals surface area contributed by atoms with Gasteiger partial charge < -0.3 is 5.73 Å². The number of nitrogens with two attached hydrogens (primary N) is 1. The molecule has 0 unspecified atom stereocenters. The molecule has 0 fully saturated rings. The van der Waals surface area contributed by atoms with Crippen LogP contribution < -0.4 is 5.73 Å². The van der Waals surface area contributed by atoms with E-state index in [1.807, 2.05) is 24.3 Å². The molecule has 1 aromatic carbocycles. The average molecular weight is 298 g/mol. The van der Waals surface area contributed by atoms with Gasteiger partial charge in [-0.05, 0) is 43.6 Å². The molecule has 0 saturated carbocycles. The molecule has 0 heterocycles. The fraction of sp³-hybridized carbons (Fsp3) is 0.600. The summed E-state index contributed by atoms with van der Waals surface area (Å²) in [5.41, 5.74) is 7.66. The maximum absolute atomic E-state index is 11.5. The van der Waals surface area contributed by atoms with Crippen LogP contribution in [0, 0.1) is 0 Å². The highest BCUT2D eigenvalue weighted by atomic mass is 32.2. The summed E-state index contributed by atoms with van der Waals surface area (Å²) < 4.78 is 23.0. The summed E-state index contributed by atoms with van der Waals surface area (Å²) in [6, 6.07) is 7.86. The molecule has 0 aromatic heterocycles. The van der Waals surface area contributed by atoms with Crippen LogP contribution in [-0.4, -0.2) is 37.9 Å². The second-order valence-corrected chi connectivity index (χ2v) is 7.58. The molecule has 0 saturated heterocycles. The molecule has 1 rings (SSSR count). The minimum Gasteiger partial charge on any atom is -0.399 e. The minimum atomic E-state index is -2.85. The maximum Gasteiger partial charge on any atom is 0.150 e. The molecule has 0 aliphatic rings. The first-order valence-electron chi connectivity index (χ1n) is 7.24. The van der Waals surface area contributed by atoms with E-state index in [0.29, 0.717) is 6.42 Å². The van der Waals surface area contributed by atoms with E-state index < -0.39 is 9.84 Å². The lowest BCUT2D eigenvalue weighted by Gasteiger charge is -2.21. The minimum absolute atomic E-state index is 0.235. The fourth-order valence-corrected chi connectivity index (χ4v) is 2.98. The van der Waals surface area contributed by atoms with Crippen LogP contribution in [0.5, 0.6) is 0 Å². The van der Waals surface area contributed by atoms with Crippen molar-refractivity contribution in [3.05, 3.63) is 29.8 Å². The average Bonchev–Trinajstić information content (AvgIpc) is 2.41. The van der Waals surface area contributed by atoms with E-state index in [2.05, 4.69) is 11.8 Å². The van der Waals surface area contributed by atoms with Crippen molar-refractivity contribution in [1.82, 2.24) is 4.90 Å². The molecule has 0 atom stereocenters. The number of rotatable bonds is 9. The lowest BCUT2D eigenvalue weighted by atomic mass is 10.2. The summed E-state index contributed by atoms with van der Waals surface area (Å²) in [6.07, 6.45) is 1.76. The second kappa shape index (κ2) is 8.27. The number of hydrogen-bond donors (Lipinski definition) is 1. The standard InChI is InChI=1S/C15H26N2O2S/c1-3-10-17(11-5-12-20(18,19)4-2)13-14-6-8-15(16)9-7-14/h6-9H,3-5,10-13,16H2,1-2H3. The van der Waals surface area contributed by atoms with Crippen molar-refractivity contribution in [2.75, 3.05) is 30.3 Å². The largest absolute Gasteiger partial charge is 0.399 e. The Morgan fingerprint density at radius 3 is 2.30 bits per heavy atom. The first-order valence-corrected chi connectivity index (χ1v) is 9.06. The molecule has 2 N–H and O–H groups in total. The van der Waals surface area contributed by atoms with Gasteiger partial charge in [-0.25, -0.2) is 8.42 Å². The zero-order valence-corrected chi connectivity index (χ0v) is 13.3. The van der Waals surface area contributed by atoms with E-state index in [1.54, 1.807) is 6.92 Å². The van der Waals surface area contributed by atoms with Crippen LogP contribution >= 0.6 is 0 Å². The molecule has 20 heavy (non-hydrogen) atoms. The number of nitrogens with zero attached hydrogens (tertiary/aromatic N) is 1. The highest BCUT2D eigenvalue weighted by Gasteiger charge is 2.10. The monoisotopic (exact) mass is 298 g/mol. The molecule has 5 heteroatoms. The van der Waals surface area contributed by atoms with Gasteiger partial charge in [0.25, 0.3) is 0 Å². The molecule has 0 aliphatic carbocycles. The van der Waals surface area contributed by atoms with E-state index >= 15 is 0 Å². The Morgan fingerprint density at radius 2 is 1.75 bits per heavy atom. The predicted molar refractivity (Wildman–Crippen MR) is 85.4 cm³/mol. The van der Waals surface area contributed by atoms with Crippen LogP contribution in [0.25, 0.3) is 0 Å². The van der Waals surface area contributed by atoms with Crippen LogP contribution in [0.1, 0.15) is 32.3 Å². The van der Waals surface area contributed by atoms with Crippen molar-refractivity contribution in [1.29, 1.82) is 0 Å². The fourth-order valence-electron chi connectivity index (χ4n) is 2.12. The number of nitrogen functional groups attached to an aromatic ring is 1. The van der Waals surface area contributed by atoms with Crippen LogP contribution in [0.15, 0.2) is 24.3 Å². The normalized spacial score (nSPS) is 11.9. The summed E-state index contributed by atoms with van der Waals surface area (Å²) in [5.74, 6) is 0.518. The molecule has 4 nitrogen and oxygen atoms in total. The van der Waals surface area contributed by atoms with Crippen molar-refractivity contribution >= 4 is 15.5 Å².